The number of carbonyl (C=O) groups excluding carboxylic acids is 1. The summed E-state index contributed by atoms with van der Waals surface area (Å²) in [5.41, 5.74) is 0. The summed E-state index contributed by atoms with van der Waals surface area (Å²) in [6, 6.07) is 0. The molecule has 0 radical (unpaired) electrons. The highest BCUT2D eigenvalue weighted by atomic mass is 28.3. The van der Waals surface area contributed by atoms with E-state index in [1.54, 1.807) is 6.92 Å². The minimum Gasteiger partial charge on any atom is -0.490 e. The van der Waals surface area contributed by atoms with Crippen molar-refractivity contribution in [1.29, 1.82) is 0 Å². The van der Waals surface area contributed by atoms with E-state index in [0.717, 1.165) is 0 Å². The summed E-state index contributed by atoms with van der Waals surface area (Å²) in [7, 11) is -2.43. The van der Waals surface area contributed by atoms with Gasteiger partial charge in [0, 0.05) is 6.61 Å². The molecule has 0 spiro atoms. The van der Waals surface area contributed by atoms with Gasteiger partial charge in [0.05, 0.1) is 0 Å². The zero-order chi connectivity index (χ0) is 9.78. The van der Waals surface area contributed by atoms with Gasteiger partial charge in [-0.05, 0) is 13.5 Å². The molecule has 12 heavy (non-hydrogen) atoms. The van der Waals surface area contributed by atoms with Crippen LogP contribution in [-0.2, 0) is 13.6 Å². The van der Waals surface area contributed by atoms with Gasteiger partial charge in [0.15, 0.2) is 0 Å². The summed E-state index contributed by atoms with van der Waals surface area (Å²) < 4.78 is 43.3. The highest BCUT2D eigenvalue weighted by Crippen LogP contribution is 2.16. The van der Waals surface area contributed by atoms with Crippen molar-refractivity contribution in [3.63, 3.8) is 0 Å². The van der Waals surface area contributed by atoms with E-state index in [9.17, 15) is 18.0 Å². The monoisotopic (exact) mass is 202 g/mol. The minimum atomic E-state index is -4.92. The molecule has 0 heterocycles. The highest BCUT2D eigenvalue weighted by molar-refractivity contribution is 6.45. The summed E-state index contributed by atoms with van der Waals surface area (Å²) in [6.07, 6.45) is -4.92. The zero-order valence-electron chi connectivity index (χ0n) is 6.64. The molecule has 0 aromatic carbocycles. The number of alkyl halides is 3. The highest BCUT2D eigenvalue weighted by Gasteiger charge is 2.41. The maximum atomic E-state index is 11.5. The van der Waals surface area contributed by atoms with Gasteiger partial charge in [-0.15, -0.1) is 0 Å². The molecule has 0 aliphatic heterocycles. The number of halogens is 3. The van der Waals surface area contributed by atoms with Crippen LogP contribution in [0.25, 0.3) is 0 Å². The number of hydrogen-bond acceptors (Lipinski definition) is 3. The Bertz CT molecular complexity index is 159. The van der Waals surface area contributed by atoms with Crippen molar-refractivity contribution >= 4 is 15.3 Å². The Balaban J connectivity index is 3.85. The molecular formula is C5H9F3O3Si. The van der Waals surface area contributed by atoms with Crippen LogP contribution in [0.4, 0.5) is 13.2 Å². The first-order valence-electron chi connectivity index (χ1n) is 3.27. The number of carbonyl (C=O) groups is 1. The second-order valence-electron chi connectivity index (χ2n) is 1.93. The van der Waals surface area contributed by atoms with Gasteiger partial charge in [-0.3, -0.25) is 0 Å². The molecule has 0 saturated carbocycles. The molecule has 0 fully saturated rings. The molecule has 1 atom stereocenters. The predicted octanol–water partition coefficient (Wildman–Crippen LogP) is 0.979. The van der Waals surface area contributed by atoms with E-state index < -0.39 is 21.4 Å². The molecule has 0 rings (SSSR count). The second-order valence-corrected chi connectivity index (χ2v) is 3.63. The zero-order valence-corrected chi connectivity index (χ0v) is 7.80. The topological polar surface area (TPSA) is 35.5 Å². The van der Waals surface area contributed by atoms with E-state index in [4.69, 9.17) is 4.43 Å². The van der Waals surface area contributed by atoms with Crippen LogP contribution in [0, 0.1) is 0 Å². The van der Waals surface area contributed by atoms with Crippen molar-refractivity contribution in [2.24, 2.45) is 0 Å². The van der Waals surface area contributed by atoms with Gasteiger partial charge < -0.3 is 8.85 Å². The molecule has 0 aliphatic rings. The Kier molecular flexibility index (Phi) is 4.25. The standard InChI is InChI=1S/C5H9F3O3Si/c1-3-10-12(2)11-4(9)5(6,7)8/h12H,3H2,1-2H3. The van der Waals surface area contributed by atoms with Gasteiger partial charge in [-0.2, -0.15) is 13.2 Å². The predicted molar refractivity (Wildman–Crippen MR) is 36.8 cm³/mol. The van der Waals surface area contributed by atoms with Crippen molar-refractivity contribution in [3.8, 4) is 0 Å². The molecule has 1 unspecified atom stereocenters. The fourth-order valence-corrected chi connectivity index (χ4v) is 1.46. The van der Waals surface area contributed by atoms with Crippen LogP contribution in [-0.4, -0.2) is 28.0 Å². The average Bonchev–Trinajstić information content (AvgIpc) is 1.85. The molecule has 0 aromatic heterocycles. The van der Waals surface area contributed by atoms with E-state index in [1.165, 1.54) is 6.55 Å². The van der Waals surface area contributed by atoms with Crippen molar-refractivity contribution in [2.45, 2.75) is 19.6 Å². The SMILES string of the molecule is CCO[SiH](C)OC(=O)C(F)(F)F. The fraction of sp³-hybridized carbons (Fsp3) is 0.800. The Hall–Kier alpha value is -0.563. The van der Waals surface area contributed by atoms with Crippen LogP contribution in [0.15, 0.2) is 0 Å². The number of rotatable bonds is 3. The molecule has 0 aromatic rings. The third kappa shape index (κ3) is 4.34. The van der Waals surface area contributed by atoms with E-state index in [-0.39, 0.29) is 6.61 Å². The molecule has 3 nitrogen and oxygen atoms in total. The summed E-state index contributed by atoms with van der Waals surface area (Å²) >= 11 is 0. The summed E-state index contributed by atoms with van der Waals surface area (Å²) in [5.74, 6) is -2.17. The van der Waals surface area contributed by atoms with Crippen LogP contribution in [0.1, 0.15) is 6.92 Å². The molecule has 0 N–H and O–H groups in total. The van der Waals surface area contributed by atoms with Crippen molar-refractivity contribution in [1.82, 2.24) is 0 Å². The Morgan fingerprint density at radius 3 is 2.33 bits per heavy atom. The maximum Gasteiger partial charge on any atom is 0.489 e. The molecule has 0 bridgehead atoms. The fourth-order valence-electron chi connectivity index (χ4n) is 0.486. The van der Waals surface area contributed by atoms with Gasteiger partial charge in [0.25, 0.3) is 0 Å². The third-order valence-corrected chi connectivity index (χ3v) is 2.25. The van der Waals surface area contributed by atoms with Gasteiger partial charge in [-0.25, -0.2) is 4.79 Å². The summed E-state index contributed by atoms with van der Waals surface area (Å²) in [6.45, 7) is 3.22. The largest absolute Gasteiger partial charge is 0.490 e. The van der Waals surface area contributed by atoms with E-state index in [0.29, 0.717) is 0 Å². The van der Waals surface area contributed by atoms with Crippen molar-refractivity contribution in [2.75, 3.05) is 6.61 Å². The van der Waals surface area contributed by atoms with E-state index in [1.807, 2.05) is 0 Å². The molecule has 0 amide bonds. The van der Waals surface area contributed by atoms with Gasteiger partial charge in [-0.1, -0.05) is 0 Å². The van der Waals surface area contributed by atoms with Crippen LogP contribution in [0.2, 0.25) is 6.55 Å². The minimum absolute atomic E-state index is 0.249. The summed E-state index contributed by atoms with van der Waals surface area (Å²) in [5, 5.41) is 0. The lowest BCUT2D eigenvalue weighted by molar-refractivity contribution is -0.191. The normalized spacial score (nSPS) is 14.1. The van der Waals surface area contributed by atoms with Crippen molar-refractivity contribution < 1.29 is 26.8 Å². The van der Waals surface area contributed by atoms with Gasteiger partial charge in [0.2, 0.25) is 0 Å². The van der Waals surface area contributed by atoms with Crippen LogP contribution < -0.4 is 0 Å². The smallest absolute Gasteiger partial charge is 0.489 e. The average molecular weight is 202 g/mol. The number of hydrogen-bond donors (Lipinski definition) is 0. The first kappa shape index (κ1) is 11.4. The molecular weight excluding hydrogens is 193 g/mol. The quantitative estimate of drug-likeness (QED) is 0.640. The lowest BCUT2D eigenvalue weighted by Crippen LogP contribution is -2.32. The van der Waals surface area contributed by atoms with Gasteiger partial charge in [0.1, 0.15) is 0 Å². The van der Waals surface area contributed by atoms with Crippen LogP contribution in [0.5, 0.6) is 0 Å². The molecule has 0 aliphatic carbocycles. The third-order valence-electron chi connectivity index (χ3n) is 0.906. The molecule has 0 saturated heterocycles. The van der Waals surface area contributed by atoms with Crippen molar-refractivity contribution in [3.05, 3.63) is 0 Å². The maximum absolute atomic E-state index is 11.5. The lowest BCUT2D eigenvalue weighted by Gasteiger charge is -2.12. The first-order valence-corrected chi connectivity index (χ1v) is 5.37. The Labute approximate surface area is 69.3 Å². The first-order chi connectivity index (χ1) is 5.38. The Morgan fingerprint density at radius 2 is 2.00 bits per heavy atom. The van der Waals surface area contributed by atoms with Gasteiger partial charge >= 0.3 is 21.4 Å². The van der Waals surface area contributed by atoms with E-state index in [2.05, 4.69) is 4.43 Å². The molecule has 7 heteroatoms. The van der Waals surface area contributed by atoms with Crippen LogP contribution in [0.3, 0.4) is 0 Å². The molecule has 72 valence electrons. The second kappa shape index (κ2) is 4.46. The summed E-state index contributed by atoms with van der Waals surface area (Å²) in [4.78, 5) is 10.2. The lowest BCUT2D eigenvalue weighted by atomic mass is 10.7. The Morgan fingerprint density at radius 1 is 1.50 bits per heavy atom. The van der Waals surface area contributed by atoms with Crippen LogP contribution >= 0.6 is 0 Å². The van der Waals surface area contributed by atoms with E-state index >= 15 is 0 Å².